The third-order valence-electron chi connectivity index (χ3n) is 8.86. The van der Waals surface area contributed by atoms with E-state index in [4.69, 9.17) is 10.8 Å². The van der Waals surface area contributed by atoms with Crippen molar-refractivity contribution in [3.8, 4) is 11.5 Å². The number of aliphatic hydroxyl groups is 1. The number of aliphatic hydroxyl groups excluding tert-OH is 1. The largest absolute Gasteiger partial charge is 0.508 e. The number of carboxylic acids is 3. The zero-order chi connectivity index (χ0) is 43.1. The molecule has 6 atom stereocenters. The Morgan fingerprint density at radius 2 is 1.09 bits per heavy atom. The molecule has 6 amide bonds. The predicted octanol–water partition coefficient (Wildman–Crippen LogP) is -3.72. The van der Waals surface area contributed by atoms with E-state index in [2.05, 4.69) is 26.6 Å². The number of phenolic OH excluding ortho intramolecular Hbond substituents is 2. The van der Waals surface area contributed by atoms with Crippen molar-refractivity contribution < 1.29 is 73.8 Å². The van der Waals surface area contributed by atoms with Crippen molar-refractivity contribution >= 4 is 53.4 Å². The number of nitrogens with one attached hydrogen (secondary N) is 5. The van der Waals surface area contributed by atoms with Gasteiger partial charge in [0.1, 0.15) is 47.8 Å². The fraction of sp³-hybridized carbons (Fsp3) is 0.417. The van der Waals surface area contributed by atoms with Crippen LogP contribution in [0, 0.1) is 0 Å². The molecule has 1 aliphatic rings. The fourth-order valence-electron chi connectivity index (χ4n) is 5.94. The molecule has 0 unspecified atom stereocenters. The third kappa shape index (κ3) is 13.7. The standard InChI is InChI=1S/C36H45N7O15/c37-16-28(47)38-22(12-18-3-7-20(45)8-4-18)31(52)42-26(17-44)33(54)40-24(14-29(48)49)35(56)43-11-1-2-27(43)34(55)39-23(13-19-5-9-21(46)10-6-19)32(53)41-25(36(57)58)15-30(50)51/h3-10,22-27,44-46H,1-2,11-17,37H2,(H,38,47)(H,39,55)(H,40,54)(H,41,53)(H,42,52)(H,48,49)(H,50,51)(H,57,58)/t22-,23-,24-,25-,26-,27+/m0/s1. The Labute approximate surface area is 329 Å². The molecular formula is C36H45N7O15. The third-order valence-corrected chi connectivity index (χ3v) is 8.86. The molecule has 0 bridgehead atoms. The van der Waals surface area contributed by atoms with Crippen molar-refractivity contribution in [3.05, 3.63) is 59.7 Å². The summed E-state index contributed by atoms with van der Waals surface area (Å²) in [5, 5.41) is 68.8. The number of likely N-dealkylation sites (tertiary alicyclic amines) is 1. The number of carbonyl (C=O) groups excluding carboxylic acids is 6. The summed E-state index contributed by atoms with van der Waals surface area (Å²) in [6, 6.07) is 1.27. The van der Waals surface area contributed by atoms with Crippen LogP contribution in [0.4, 0.5) is 0 Å². The first-order chi connectivity index (χ1) is 27.4. The van der Waals surface area contributed by atoms with E-state index >= 15 is 0 Å². The van der Waals surface area contributed by atoms with E-state index in [9.17, 15) is 68.7 Å². The van der Waals surface area contributed by atoms with Gasteiger partial charge in [0.2, 0.25) is 35.4 Å². The summed E-state index contributed by atoms with van der Waals surface area (Å²) in [5.41, 5.74) is 6.23. The first kappa shape index (κ1) is 45.6. The molecule has 0 radical (unpaired) electrons. The van der Waals surface area contributed by atoms with Gasteiger partial charge in [-0.3, -0.25) is 38.4 Å². The van der Waals surface area contributed by atoms with Crippen LogP contribution in [-0.2, 0) is 56.0 Å². The highest BCUT2D eigenvalue weighted by Crippen LogP contribution is 2.21. The van der Waals surface area contributed by atoms with Crippen LogP contribution in [0.2, 0.25) is 0 Å². The van der Waals surface area contributed by atoms with Crippen molar-refractivity contribution in [2.75, 3.05) is 19.7 Å². The summed E-state index contributed by atoms with van der Waals surface area (Å²) >= 11 is 0. The lowest BCUT2D eigenvalue weighted by atomic mass is 10.0. The summed E-state index contributed by atoms with van der Waals surface area (Å²) in [4.78, 5) is 115. The number of hydrogen-bond acceptors (Lipinski definition) is 13. The minimum Gasteiger partial charge on any atom is -0.508 e. The monoisotopic (exact) mass is 815 g/mol. The van der Waals surface area contributed by atoms with E-state index in [-0.39, 0.29) is 43.7 Å². The van der Waals surface area contributed by atoms with Crippen LogP contribution in [-0.4, -0.2) is 145 Å². The Hall–Kier alpha value is -6.81. The highest BCUT2D eigenvalue weighted by molar-refractivity contribution is 5.98. The average Bonchev–Trinajstić information content (AvgIpc) is 3.67. The fourth-order valence-corrected chi connectivity index (χ4v) is 5.94. The molecule has 314 valence electrons. The molecule has 0 aromatic heterocycles. The number of aliphatic carboxylic acids is 3. The average molecular weight is 816 g/mol. The van der Waals surface area contributed by atoms with E-state index in [0.29, 0.717) is 11.1 Å². The SMILES string of the molecule is NCC(=O)N[C@@H](Cc1ccc(O)cc1)C(=O)N[C@@H](CO)C(=O)N[C@@H](CC(=O)O)C(=O)N1CCC[C@@H]1C(=O)N[C@@H](Cc1ccc(O)cc1)C(=O)N[C@@H](CC(=O)O)C(=O)O. The van der Waals surface area contributed by atoms with Crippen LogP contribution >= 0.6 is 0 Å². The highest BCUT2D eigenvalue weighted by Gasteiger charge is 2.41. The second kappa shape index (κ2) is 21.5. The lowest BCUT2D eigenvalue weighted by molar-refractivity contribution is -0.148. The van der Waals surface area contributed by atoms with Crippen LogP contribution in [0.5, 0.6) is 11.5 Å². The maximum absolute atomic E-state index is 13.8. The van der Waals surface area contributed by atoms with Gasteiger partial charge in [-0.25, -0.2) is 4.79 Å². The number of carbonyl (C=O) groups is 9. The first-order valence-electron chi connectivity index (χ1n) is 17.8. The summed E-state index contributed by atoms with van der Waals surface area (Å²) in [6.45, 7) is -1.66. The molecule has 1 heterocycles. The molecule has 1 aliphatic heterocycles. The summed E-state index contributed by atoms with van der Waals surface area (Å²) < 4.78 is 0. The molecule has 2 aromatic carbocycles. The van der Waals surface area contributed by atoms with Gasteiger partial charge < -0.3 is 67.9 Å². The molecule has 22 heteroatoms. The molecule has 0 aliphatic carbocycles. The van der Waals surface area contributed by atoms with Gasteiger partial charge in [0, 0.05) is 19.4 Å². The molecule has 3 rings (SSSR count). The Kier molecular flexibility index (Phi) is 16.9. The summed E-state index contributed by atoms with van der Waals surface area (Å²) in [5.74, 6) is -10.9. The number of nitrogens with two attached hydrogens (primary N) is 1. The Morgan fingerprint density at radius 1 is 0.638 bits per heavy atom. The normalized spacial score (nSPS) is 16.0. The Morgan fingerprint density at radius 3 is 1.55 bits per heavy atom. The van der Waals surface area contributed by atoms with Crippen molar-refractivity contribution in [2.24, 2.45) is 5.73 Å². The minimum atomic E-state index is -1.88. The van der Waals surface area contributed by atoms with Gasteiger partial charge >= 0.3 is 17.9 Å². The second-order valence-corrected chi connectivity index (χ2v) is 13.2. The van der Waals surface area contributed by atoms with Gasteiger partial charge in [-0.1, -0.05) is 24.3 Å². The van der Waals surface area contributed by atoms with E-state index < -0.39 is 116 Å². The molecule has 1 fully saturated rings. The van der Waals surface area contributed by atoms with Crippen molar-refractivity contribution in [3.63, 3.8) is 0 Å². The lowest BCUT2D eigenvalue weighted by Gasteiger charge is -2.30. The highest BCUT2D eigenvalue weighted by atomic mass is 16.4. The molecule has 0 saturated carbocycles. The van der Waals surface area contributed by atoms with E-state index in [1.54, 1.807) is 0 Å². The number of benzene rings is 2. The zero-order valence-corrected chi connectivity index (χ0v) is 30.8. The predicted molar refractivity (Wildman–Crippen MR) is 196 cm³/mol. The van der Waals surface area contributed by atoms with Gasteiger partial charge in [0.25, 0.3) is 0 Å². The molecular weight excluding hydrogens is 770 g/mol. The van der Waals surface area contributed by atoms with Crippen molar-refractivity contribution in [1.29, 1.82) is 0 Å². The number of nitrogens with zero attached hydrogens (tertiary/aromatic N) is 1. The van der Waals surface area contributed by atoms with Crippen LogP contribution < -0.4 is 32.3 Å². The Bertz CT molecular complexity index is 1840. The lowest BCUT2D eigenvalue weighted by Crippen LogP contribution is -2.60. The quantitative estimate of drug-likeness (QED) is 0.0576. The maximum atomic E-state index is 13.8. The van der Waals surface area contributed by atoms with Gasteiger partial charge in [-0.05, 0) is 48.2 Å². The smallest absolute Gasteiger partial charge is 0.326 e. The van der Waals surface area contributed by atoms with Crippen molar-refractivity contribution in [2.45, 2.75) is 74.8 Å². The van der Waals surface area contributed by atoms with Crippen LogP contribution in [0.3, 0.4) is 0 Å². The molecule has 13 N–H and O–H groups in total. The number of amides is 6. The van der Waals surface area contributed by atoms with Gasteiger partial charge in [0.05, 0.1) is 26.0 Å². The molecule has 1 saturated heterocycles. The van der Waals surface area contributed by atoms with E-state index in [1.165, 1.54) is 48.5 Å². The van der Waals surface area contributed by atoms with E-state index in [1.807, 2.05) is 0 Å². The summed E-state index contributed by atoms with van der Waals surface area (Å²) in [6.07, 6.45) is -2.22. The number of phenols is 2. The molecule has 58 heavy (non-hydrogen) atoms. The number of carboxylic acid groups (broad SMARTS) is 3. The number of rotatable bonds is 21. The molecule has 22 nitrogen and oxygen atoms in total. The molecule has 0 spiro atoms. The van der Waals surface area contributed by atoms with Crippen LogP contribution in [0.25, 0.3) is 0 Å². The van der Waals surface area contributed by atoms with Gasteiger partial charge in [-0.2, -0.15) is 0 Å². The zero-order valence-electron chi connectivity index (χ0n) is 30.8. The minimum absolute atomic E-state index is 0.00187. The summed E-state index contributed by atoms with van der Waals surface area (Å²) in [7, 11) is 0. The van der Waals surface area contributed by atoms with Crippen LogP contribution in [0.1, 0.15) is 36.8 Å². The number of aromatic hydroxyl groups is 2. The first-order valence-corrected chi connectivity index (χ1v) is 17.8. The van der Waals surface area contributed by atoms with Gasteiger partial charge in [-0.15, -0.1) is 0 Å². The van der Waals surface area contributed by atoms with Gasteiger partial charge in [0.15, 0.2) is 0 Å². The van der Waals surface area contributed by atoms with Crippen LogP contribution in [0.15, 0.2) is 48.5 Å². The molecule has 2 aromatic rings. The second-order valence-electron chi connectivity index (χ2n) is 13.2. The van der Waals surface area contributed by atoms with Crippen molar-refractivity contribution in [1.82, 2.24) is 31.5 Å². The van der Waals surface area contributed by atoms with E-state index in [0.717, 1.165) is 4.90 Å². The Balaban J connectivity index is 1.80. The number of hydrogen-bond donors (Lipinski definition) is 12. The topological polar surface area (TPSA) is 364 Å². The maximum Gasteiger partial charge on any atom is 0.326 e.